The van der Waals surface area contributed by atoms with E-state index in [9.17, 15) is 0 Å². The molecule has 0 bridgehead atoms. The Hall–Kier alpha value is -2.00. The van der Waals surface area contributed by atoms with E-state index in [1.165, 1.54) is 22.3 Å². The Labute approximate surface area is 151 Å². The lowest BCUT2D eigenvalue weighted by molar-refractivity contribution is 0.992. The summed E-state index contributed by atoms with van der Waals surface area (Å²) in [7, 11) is 1.93. The summed E-state index contributed by atoms with van der Waals surface area (Å²) in [4.78, 5) is 4.80. The predicted molar refractivity (Wildman–Crippen MR) is 110 cm³/mol. The highest BCUT2D eigenvalue weighted by Crippen LogP contribution is 2.21. The van der Waals surface area contributed by atoms with Crippen LogP contribution in [0, 0.1) is 0 Å². The topological polar surface area (TPSA) is 24.4 Å². The molecule has 0 fully saturated rings. The maximum atomic E-state index is 4.80. The lowest BCUT2D eigenvalue weighted by atomic mass is 10.0. The third-order valence-corrected chi connectivity index (χ3v) is 4.36. The molecule has 2 nitrogen and oxygen atoms in total. The van der Waals surface area contributed by atoms with Gasteiger partial charge in [0.25, 0.3) is 0 Å². The molecule has 24 heavy (non-hydrogen) atoms. The van der Waals surface area contributed by atoms with E-state index in [0.29, 0.717) is 0 Å². The first-order chi connectivity index (χ1) is 11.7. The van der Waals surface area contributed by atoms with Gasteiger partial charge in [0.05, 0.1) is 0 Å². The summed E-state index contributed by atoms with van der Waals surface area (Å²) in [5.41, 5.74) is 7.05. The van der Waals surface area contributed by atoms with Crippen LogP contribution >= 0.6 is 12.6 Å². The number of hydrogen-bond acceptors (Lipinski definition) is 3. The number of aliphatic imine (C=N–C) groups is 1. The highest BCUT2D eigenvalue weighted by atomic mass is 32.1. The zero-order chi connectivity index (χ0) is 17.4. The Morgan fingerprint density at radius 2 is 1.83 bits per heavy atom. The molecule has 3 heteroatoms. The fourth-order valence-electron chi connectivity index (χ4n) is 2.64. The number of anilines is 1. The van der Waals surface area contributed by atoms with Crippen LogP contribution in [0.3, 0.4) is 0 Å². The minimum Gasteiger partial charge on any atom is -0.388 e. The first-order valence-electron chi connectivity index (χ1n) is 8.40. The fraction of sp³-hybridized carbons (Fsp3) is 0.286. The summed E-state index contributed by atoms with van der Waals surface area (Å²) in [6.07, 6.45) is 4.03. The van der Waals surface area contributed by atoms with E-state index in [1.807, 2.05) is 13.2 Å². The molecule has 0 unspecified atom stereocenters. The highest BCUT2D eigenvalue weighted by Gasteiger charge is 2.04. The van der Waals surface area contributed by atoms with Crippen molar-refractivity contribution in [3.8, 4) is 0 Å². The van der Waals surface area contributed by atoms with E-state index in [0.717, 1.165) is 30.0 Å². The highest BCUT2D eigenvalue weighted by molar-refractivity contribution is 7.79. The van der Waals surface area contributed by atoms with Gasteiger partial charge < -0.3 is 5.32 Å². The van der Waals surface area contributed by atoms with Crippen molar-refractivity contribution in [3.63, 3.8) is 0 Å². The summed E-state index contributed by atoms with van der Waals surface area (Å²) in [6.45, 7) is 4.30. The van der Waals surface area contributed by atoms with E-state index in [-0.39, 0.29) is 0 Å². The summed E-state index contributed by atoms with van der Waals surface area (Å²) in [5.74, 6) is 0.734. The maximum Gasteiger partial charge on any atom is 0.0475 e. The SMILES string of the molecule is CCC/C(=N\C=C(/C)c1ccccc1CS)c1ccc(NC)cc1. The number of nitrogens with zero attached hydrogens (tertiary/aromatic N) is 1. The molecular weight excluding hydrogens is 312 g/mol. The van der Waals surface area contributed by atoms with Crippen molar-refractivity contribution in [2.75, 3.05) is 12.4 Å². The van der Waals surface area contributed by atoms with Gasteiger partial charge in [-0.2, -0.15) is 12.6 Å². The van der Waals surface area contributed by atoms with Crippen LogP contribution in [-0.4, -0.2) is 12.8 Å². The minimum absolute atomic E-state index is 0.734. The number of nitrogens with one attached hydrogen (secondary N) is 1. The minimum atomic E-state index is 0.734. The summed E-state index contributed by atoms with van der Waals surface area (Å²) >= 11 is 4.42. The number of allylic oxidation sites excluding steroid dienone is 1. The second-order valence-corrected chi connectivity index (χ2v) is 6.10. The fourth-order valence-corrected chi connectivity index (χ4v) is 2.91. The summed E-state index contributed by atoms with van der Waals surface area (Å²) < 4.78 is 0. The van der Waals surface area contributed by atoms with Gasteiger partial charge in [0.1, 0.15) is 0 Å². The molecule has 0 radical (unpaired) electrons. The molecule has 0 aromatic heterocycles. The van der Waals surface area contributed by atoms with Crippen molar-refractivity contribution in [1.29, 1.82) is 0 Å². The Balaban J connectivity index is 2.32. The quantitative estimate of drug-likeness (QED) is 0.483. The zero-order valence-electron chi connectivity index (χ0n) is 14.7. The van der Waals surface area contributed by atoms with E-state index in [1.54, 1.807) is 0 Å². The van der Waals surface area contributed by atoms with Gasteiger partial charge in [-0.05, 0) is 47.7 Å². The Morgan fingerprint density at radius 3 is 2.46 bits per heavy atom. The average molecular weight is 339 g/mol. The lowest BCUT2D eigenvalue weighted by Crippen LogP contribution is -2.00. The molecule has 2 aromatic rings. The molecule has 0 spiro atoms. The van der Waals surface area contributed by atoms with Gasteiger partial charge in [0, 0.05) is 30.4 Å². The van der Waals surface area contributed by atoms with Crippen LogP contribution in [0.5, 0.6) is 0 Å². The predicted octanol–water partition coefficient (Wildman–Crippen LogP) is 5.81. The number of thiol groups is 1. The number of rotatable bonds is 7. The smallest absolute Gasteiger partial charge is 0.0475 e. The zero-order valence-corrected chi connectivity index (χ0v) is 15.6. The van der Waals surface area contributed by atoms with Crippen LogP contribution in [0.15, 0.2) is 59.7 Å². The van der Waals surface area contributed by atoms with Gasteiger partial charge in [-0.1, -0.05) is 49.7 Å². The van der Waals surface area contributed by atoms with E-state index >= 15 is 0 Å². The van der Waals surface area contributed by atoms with Gasteiger partial charge in [0.15, 0.2) is 0 Å². The van der Waals surface area contributed by atoms with E-state index in [4.69, 9.17) is 4.99 Å². The van der Waals surface area contributed by atoms with Crippen LogP contribution in [0.4, 0.5) is 5.69 Å². The number of hydrogen-bond donors (Lipinski definition) is 2. The Bertz CT molecular complexity index is 715. The normalized spacial score (nSPS) is 12.3. The first-order valence-corrected chi connectivity index (χ1v) is 9.03. The van der Waals surface area contributed by atoms with Crippen molar-refractivity contribution in [3.05, 3.63) is 71.4 Å². The average Bonchev–Trinajstić information content (AvgIpc) is 2.65. The third-order valence-electron chi connectivity index (χ3n) is 4.02. The van der Waals surface area contributed by atoms with Crippen LogP contribution in [0.1, 0.15) is 43.4 Å². The van der Waals surface area contributed by atoms with Crippen molar-refractivity contribution in [2.45, 2.75) is 32.4 Å². The Morgan fingerprint density at radius 1 is 1.12 bits per heavy atom. The molecule has 0 aliphatic heterocycles. The molecule has 2 aromatic carbocycles. The molecular formula is C21H26N2S. The molecule has 0 heterocycles. The molecule has 0 saturated heterocycles. The van der Waals surface area contributed by atoms with Gasteiger partial charge in [0.2, 0.25) is 0 Å². The molecule has 0 saturated carbocycles. The van der Waals surface area contributed by atoms with Crippen LogP contribution in [0.25, 0.3) is 5.57 Å². The van der Waals surface area contributed by atoms with Gasteiger partial charge >= 0.3 is 0 Å². The second kappa shape index (κ2) is 9.33. The monoisotopic (exact) mass is 338 g/mol. The van der Waals surface area contributed by atoms with Crippen molar-refractivity contribution in [2.24, 2.45) is 4.99 Å². The molecule has 0 amide bonds. The van der Waals surface area contributed by atoms with Gasteiger partial charge in [-0.3, -0.25) is 4.99 Å². The van der Waals surface area contributed by atoms with Crippen molar-refractivity contribution >= 4 is 29.6 Å². The van der Waals surface area contributed by atoms with E-state index in [2.05, 4.69) is 80.3 Å². The number of benzene rings is 2. The van der Waals surface area contributed by atoms with Crippen molar-refractivity contribution < 1.29 is 0 Å². The summed E-state index contributed by atoms with van der Waals surface area (Å²) in [6, 6.07) is 16.8. The van der Waals surface area contributed by atoms with Crippen molar-refractivity contribution in [1.82, 2.24) is 0 Å². The summed E-state index contributed by atoms with van der Waals surface area (Å²) in [5, 5.41) is 3.15. The Kier molecular flexibility index (Phi) is 7.13. The largest absolute Gasteiger partial charge is 0.388 e. The molecule has 126 valence electrons. The molecule has 0 atom stereocenters. The van der Waals surface area contributed by atoms with Crippen LogP contribution < -0.4 is 5.32 Å². The maximum absolute atomic E-state index is 4.80. The molecule has 1 N–H and O–H groups in total. The second-order valence-electron chi connectivity index (χ2n) is 5.78. The van der Waals surface area contributed by atoms with Gasteiger partial charge in [-0.25, -0.2) is 0 Å². The third kappa shape index (κ3) is 4.75. The molecule has 0 aliphatic rings. The standard InChI is InChI=1S/C21H26N2S/c1-4-7-21(17-10-12-19(22-3)13-11-17)23-14-16(2)20-9-6-5-8-18(20)15-24/h5-6,8-14,22,24H,4,7,15H2,1-3H3/b16-14+,23-21+. The lowest BCUT2D eigenvalue weighted by Gasteiger charge is -2.08. The first kappa shape index (κ1) is 18.3. The molecule has 0 aliphatic carbocycles. The molecule has 2 rings (SSSR count). The van der Waals surface area contributed by atoms with Crippen LogP contribution in [0.2, 0.25) is 0 Å². The van der Waals surface area contributed by atoms with Crippen LogP contribution in [-0.2, 0) is 5.75 Å². The van der Waals surface area contributed by atoms with Gasteiger partial charge in [-0.15, -0.1) is 0 Å². The van der Waals surface area contributed by atoms with E-state index < -0.39 is 0 Å².